The third-order valence-electron chi connectivity index (χ3n) is 6.79. The molecule has 2 unspecified atom stereocenters. The maximum atomic E-state index is 12.9. The van der Waals surface area contributed by atoms with Gasteiger partial charge in [-0.2, -0.15) is 0 Å². The topological polar surface area (TPSA) is 46.3 Å². The van der Waals surface area contributed by atoms with E-state index < -0.39 is 0 Å². The summed E-state index contributed by atoms with van der Waals surface area (Å²) in [4.78, 5) is 15.1. The second-order valence-electron chi connectivity index (χ2n) is 9.16. The molecule has 1 heterocycles. The lowest BCUT2D eigenvalue weighted by atomic mass is 9.64. The van der Waals surface area contributed by atoms with Crippen molar-refractivity contribution in [2.75, 3.05) is 13.1 Å². The summed E-state index contributed by atoms with van der Waals surface area (Å²) in [6.45, 7) is 8.94. The summed E-state index contributed by atoms with van der Waals surface area (Å²) >= 11 is 0. The first-order valence-electron chi connectivity index (χ1n) is 9.40. The summed E-state index contributed by atoms with van der Waals surface area (Å²) in [6, 6.07) is 0.365. The Bertz CT molecular complexity index is 398. The van der Waals surface area contributed by atoms with Crippen molar-refractivity contribution in [3.8, 4) is 0 Å². The number of rotatable bonds is 1. The van der Waals surface area contributed by atoms with Gasteiger partial charge in [-0.3, -0.25) is 4.79 Å². The largest absolute Gasteiger partial charge is 0.342 e. The van der Waals surface area contributed by atoms with Crippen LogP contribution in [0.5, 0.6) is 0 Å². The van der Waals surface area contributed by atoms with Crippen molar-refractivity contribution in [2.45, 2.75) is 71.8 Å². The first-order valence-corrected chi connectivity index (χ1v) is 9.40. The summed E-state index contributed by atoms with van der Waals surface area (Å²) in [5.41, 5.74) is 6.74. The Morgan fingerprint density at radius 3 is 2.00 bits per heavy atom. The minimum atomic E-state index is 0. The summed E-state index contributed by atoms with van der Waals surface area (Å²) < 4.78 is 0. The van der Waals surface area contributed by atoms with Gasteiger partial charge in [-0.05, 0) is 61.7 Å². The molecule has 0 spiro atoms. The molecule has 2 N–H and O–H groups in total. The Morgan fingerprint density at radius 2 is 1.52 bits per heavy atom. The van der Waals surface area contributed by atoms with E-state index in [-0.39, 0.29) is 18.3 Å². The molecule has 2 saturated carbocycles. The van der Waals surface area contributed by atoms with Gasteiger partial charge in [-0.1, -0.05) is 27.2 Å². The minimum Gasteiger partial charge on any atom is -0.342 e. The van der Waals surface area contributed by atoms with E-state index in [1.54, 1.807) is 0 Å². The van der Waals surface area contributed by atoms with Crippen LogP contribution in [0.15, 0.2) is 0 Å². The van der Waals surface area contributed by atoms with Gasteiger partial charge >= 0.3 is 0 Å². The van der Waals surface area contributed by atoms with Crippen molar-refractivity contribution in [2.24, 2.45) is 34.8 Å². The first kappa shape index (κ1) is 19.1. The summed E-state index contributed by atoms with van der Waals surface area (Å²) in [5.74, 6) is 2.68. The van der Waals surface area contributed by atoms with Crippen LogP contribution in [0, 0.1) is 29.1 Å². The predicted molar refractivity (Wildman–Crippen MR) is 97.5 cm³/mol. The first-order chi connectivity index (χ1) is 10.4. The highest BCUT2D eigenvalue weighted by atomic mass is 35.5. The predicted octanol–water partition coefficient (Wildman–Crippen LogP) is 3.85. The zero-order valence-corrected chi connectivity index (χ0v) is 15.9. The number of carbonyl (C=O) groups excluding carboxylic acids is 1. The second-order valence-corrected chi connectivity index (χ2v) is 9.16. The molecule has 0 radical (unpaired) electrons. The van der Waals surface area contributed by atoms with E-state index in [2.05, 4.69) is 25.7 Å². The van der Waals surface area contributed by atoms with Gasteiger partial charge in [-0.15, -0.1) is 12.4 Å². The molecule has 2 bridgehead atoms. The lowest BCUT2D eigenvalue weighted by Gasteiger charge is -2.45. The standard InChI is InChI=1S/C19H34N2O.ClH/c1-19(2,3)16-7-9-21(10-8-16)18(22)15-11-13-5-4-6-14(12-15)17(13)20;/h13-17H,4-12,20H2,1-3H3;1H. The summed E-state index contributed by atoms with van der Waals surface area (Å²) in [6.07, 6.45) is 8.26. The van der Waals surface area contributed by atoms with Crippen molar-refractivity contribution in [1.82, 2.24) is 4.90 Å². The Balaban J connectivity index is 0.00000192. The third-order valence-corrected chi connectivity index (χ3v) is 6.79. The molecule has 1 amide bonds. The van der Waals surface area contributed by atoms with E-state index in [0.717, 1.165) is 31.8 Å². The molecule has 4 heteroatoms. The zero-order valence-electron chi connectivity index (χ0n) is 15.1. The van der Waals surface area contributed by atoms with Gasteiger partial charge in [0.2, 0.25) is 5.91 Å². The van der Waals surface area contributed by atoms with Crippen LogP contribution in [0.4, 0.5) is 0 Å². The fraction of sp³-hybridized carbons (Fsp3) is 0.947. The molecule has 0 aromatic carbocycles. The molecule has 1 saturated heterocycles. The molecule has 23 heavy (non-hydrogen) atoms. The average Bonchev–Trinajstić information content (AvgIpc) is 2.45. The molecule has 3 rings (SSSR count). The molecule has 2 aliphatic carbocycles. The van der Waals surface area contributed by atoms with Gasteiger partial charge in [0.25, 0.3) is 0 Å². The number of likely N-dealkylation sites (tertiary alicyclic amines) is 1. The van der Waals surface area contributed by atoms with Gasteiger partial charge < -0.3 is 10.6 Å². The van der Waals surface area contributed by atoms with Crippen LogP contribution in [-0.2, 0) is 4.79 Å². The van der Waals surface area contributed by atoms with Gasteiger partial charge in [0.05, 0.1) is 0 Å². The Morgan fingerprint density at radius 1 is 1.00 bits per heavy atom. The maximum Gasteiger partial charge on any atom is 0.225 e. The van der Waals surface area contributed by atoms with Crippen molar-refractivity contribution in [1.29, 1.82) is 0 Å². The highest BCUT2D eigenvalue weighted by Crippen LogP contribution is 2.43. The Labute approximate surface area is 148 Å². The quantitative estimate of drug-likeness (QED) is 0.786. The van der Waals surface area contributed by atoms with E-state index in [1.807, 2.05) is 0 Å². The molecular formula is C19H35ClN2O. The maximum absolute atomic E-state index is 12.9. The molecule has 2 atom stereocenters. The summed E-state index contributed by atoms with van der Waals surface area (Å²) in [5, 5.41) is 0. The third kappa shape index (κ3) is 4.04. The van der Waals surface area contributed by atoms with Crippen LogP contribution in [0.3, 0.4) is 0 Å². The van der Waals surface area contributed by atoms with Gasteiger partial charge in [0.1, 0.15) is 0 Å². The van der Waals surface area contributed by atoms with Gasteiger partial charge in [0, 0.05) is 25.0 Å². The lowest BCUT2D eigenvalue weighted by Crippen LogP contribution is -2.51. The highest BCUT2D eigenvalue weighted by Gasteiger charge is 2.42. The van der Waals surface area contributed by atoms with Crippen LogP contribution >= 0.6 is 12.4 Å². The van der Waals surface area contributed by atoms with Crippen molar-refractivity contribution in [3.63, 3.8) is 0 Å². The number of nitrogens with two attached hydrogens (primary N) is 1. The molecule has 1 aliphatic heterocycles. The van der Waals surface area contributed by atoms with E-state index in [9.17, 15) is 4.79 Å². The van der Waals surface area contributed by atoms with E-state index in [1.165, 1.54) is 32.1 Å². The van der Waals surface area contributed by atoms with Crippen LogP contribution in [0.1, 0.15) is 65.7 Å². The normalized spacial score (nSPS) is 35.6. The van der Waals surface area contributed by atoms with Crippen LogP contribution in [0.2, 0.25) is 0 Å². The van der Waals surface area contributed by atoms with Crippen molar-refractivity contribution < 1.29 is 4.79 Å². The number of carbonyl (C=O) groups is 1. The SMILES string of the molecule is CC(C)(C)C1CCN(C(=O)C2CC3CCCC(C2)C3N)CC1.Cl. The summed E-state index contributed by atoms with van der Waals surface area (Å²) in [7, 11) is 0. The number of amides is 1. The average molecular weight is 343 g/mol. The monoisotopic (exact) mass is 342 g/mol. The van der Waals surface area contributed by atoms with Crippen molar-refractivity contribution in [3.05, 3.63) is 0 Å². The smallest absolute Gasteiger partial charge is 0.225 e. The zero-order chi connectivity index (χ0) is 15.9. The van der Waals surface area contributed by atoms with E-state index in [0.29, 0.717) is 29.2 Å². The molecule has 3 fully saturated rings. The number of fused-ring (bicyclic) bond motifs is 2. The molecule has 134 valence electrons. The fourth-order valence-corrected chi connectivity index (χ4v) is 5.21. The van der Waals surface area contributed by atoms with Crippen LogP contribution < -0.4 is 5.73 Å². The highest BCUT2D eigenvalue weighted by molar-refractivity contribution is 5.85. The Hall–Kier alpha value is -0.280. The number of hydrogen-bond donors (Lipinski definition) is 1. The molecule has 0 aromatic heterocycles. The lowest BCUT2D eigenvalue weighted by molar-refractivity contribution is -0.140. The molecule has 0 aromatic rings. The number of nitrogens with zero attached hydrogens (tertiary/aromatic N) is 1. The fourth-order valence-electron chi connectivity index (χ4n) is 5.21. The number of hydrogen-bond acceptors (Lipinski definition) is 2. The molecular weight excluding hydrogens is 308 g/mol. The molecule has 3 aliphatic rings. The number of halogens is 1. The van der Waals surface area contributed by atoms with E-state index in [4.69, 9.17) is 5.73 Å². The van der Waals surface area contributed by atoms with E-state index >= 15 is 0 Å². The van der Waals surface area contributed by atoms with Crippen molar-refractivity contribution >= 4 is 18.3 Å². The Kier molecular flexibility index (Phi) is 6.05. The minimum absolute atomic E-state index is 0. The van der Waals surface area contributed by atoms with Crippen LogP contribution in [0.25, 0.3) is 0 Å². The molecule has 3 nitrogen and oxygen atoms in total. The van der Waals surface area contributed by atoms with Gasteiger partial charge in [0.15, 0.2) is 0 Å². The number of piperidine rings is 1. The van der Waals surface area contributed by atoms with Crippen LogP contribution in [-0.4, -0.2) is 29.9 Å². The second kappa shape index (κ2) is 7.31. The van der Waals surface area contributed by atoms with Gasteiger partial charge in [-0.25, -0.2) is 0 Å².